The Morgan fingerprint density at radius 3 is 2.83 bits per heavy atom. The van der Waals surface area contributed by atoms with Crippen LogP contribution < -0.4 is 10.6 Å². The lowest BCUT2D eigenvalue weighted by molar-refractivity contribution is 0.122. The van der Waals surface area contributed by atoms with Gasteiger partial charge in [0.05, 0.1) is 18.9 Å². The largest absolute Gasteiger partial charge is 0.378 e. The topological polar surface area (TPSA) is 68.7 Å². The quantitative estimate of drug-likeness (QED) is 0.888. The van der Waals surface area contributed by atoms with Gasteiger partial charge in [0.2, 0.25) is 0 Å². The summed E-state index contributed by atoms with van der Waals surface area (Å²) in [7, 11) is 0. The number of imidazole rings is 1. The first-order chi connectivity index (χ1) is 8.79. The van der Waals surface area contributed by atoms with Crippen molar-refractivity contribution in [2.75, 3.05) is 31.2 Å². The van der Waals surface area contributed by atoms with Gasteiger partial charge in [-0.25, -0.2) is 9.50 Å². The standard InChI is InChI=1S/C11H14BrN5O/c12-11-8(7-13)14-9-1-2-10(15-17(9)11)16-3-5-18-6-4-16/h1-2H,3-7,13H2. The van der Waals surface area contributed by atoms with E-state index in [9.17, 15) is 0 Å². The second-order valence-electron chi connectivity index (χ2n) is 4.11. The van der Waals surface area contributed by atoms with E-state index in [0.29, 0.717) is 6.54 Å². The van der Waals surface area contributed by atoms with Gasteiger partial charge >= 0.3 is 0 Å². The highest BCUT2D eigenvalue weighted by molar-refractivity contribution is 9.10. The molecule has 3 heterocycles. The van der Waals surface area contributed by atoms with Crippen LogP contribution in [0, 0.1) is 0 Å². The smallest absolute Gasteiger partial charge is 0.155 e. The van der Waals surface area contributed by atoms with Crippen LogP contribution in [0.15, 0.2) is 16.7 Å². The van der Waals surface area contributed by atoms with Crippen LogP contribution in [-0.2, 0) is 11.3 Å². The summed E-state index contributed by atoms with van der Waals surface area (Å²) in [4.78, 5) is 6.61. The molecular formula is C11H14BrN5O. The van der Waals surface area contributed by atoms with Crippen LogP contribution in [0.1, 0.15) is 5.69 Å². The fourth-order valence-corrected chi connectivity index (χ4v) is 2.54. The molecule has 2 aromatic heterocycles. The number of fused-ring (bicyclic) bond motifs is 1. The Morgan fingerprint density at radius 1 is 1.33 bits per heavy atom. The molecule has 1 aliphatic rings. The van der Waals surface area contributed by atoms with E-state index in [0.717, 1.165) is 48.1 Å². The summed E-state index contributed by atoms with van der Waals surface area (Å²) < 4.78 is 7.95. The highest BCUT2D eigenvalue weighted by Crippen LogP contribution is 2.20. The molecular weight excluding hydrogens is 298 g/mol. The summed E-state index contributed by atoms with van der Waals surface area (Å²) in [5, 5.41) is 4.59. The summed E-state index contributed by atoms with van der Waals surface area (Å²) in [5.74, 6) is 0.937. The number of anilines is 1. The van der Waals surface area contributed by atoms with E-state index in [1.807, 2.05) is 12.1 Å². The van der Waals surface area contributed by atoms with E-state index in [4.69, 9.17) is 10.5 Å². The van der Waals surface area contributed by atoms with Gasteiger partial charge in [-0.15, -0.1) is 5.10 Å². The van der Waals surface area contributed by atoms with Gasteiger partial charge in [0.25, 0.3) is 0 Å². The van der Waals surface area contributed by atoms with Crippen molar-refractivity contribution < 1.29 is 4.74 Å². The van der Waals surface area contributed by atoms with E-state index < -0.39 is 0 Å². The van der Waals surface area contributed by atoms with Crippen molar-refractivity contribution in [1.82, 2.24) is 14.6 Å². The van der Waals surface area contributed by atoms with Gasteiger partial charge in [-0.2, -0.15) is 0 Å². The molecule has 2 aromatic rings. The number of nitrogens with zero attached hydrogens (tertiary/aromatic N) is 4. The van der Waals surface area contributed by atoms with Gasteiger partial charge in [0, 0.05) is 19.6 Å². The average molecular weight is 312 g/mol. The molecule has 6 nitrogen and oxygen atoms in total. The van der Waals surface area contributed by atoms with Gasteiger partial charge in [-0.05, 0) is 28.1 Å². The first-order valence-corrected chi connectivity index (χ1v) is 6.66. The number of hydrogen-bond acceptors (Lipinski definition) is 5. The third-order valence-corrected chi connectivity index (χ3v) is 3.80. The molecule has 0 aromatic carbocycles. The van der Waals surface area contributed by atoms with Crippen LogP contribution in [0.2, 0.25) is 0 Å². The third-order valence-electron chi connectivity index (χ3n) is 3.00. The molecule has 7 heteroatoms. The fourth-order valence-electron chi connectivity index (χ4n) is 2.03. The lowest BCUT2D eigenvalue weighted by Crippen LogP contribution is -2.37. The Labute approximate surface area is 113 Å². The van der Waals surface area contributed by atoms with Gasteiger partial charge in [-0.1, -0.05) is 0 Å². The lowest BCUT2D eigenvalue weighted by atomic mass is 10.4. The minimum Gasteiger partial charge on any atom is -0.378 e. The van der Waals surface area contributed by atoms with Gasteiger partial charge in [0.15, 0.2) is 5.65 Å². The maximum Gasteiger partial charge on any atom is 0.155 e. The first kappa shape index (κ1) is 11.9. The molecule has 0 atom stereocenters. The fraction of sp³-hybridized carbons (Fsp3) is 0.455. The van der Waals surface area contributed by atoms with Crippen molar-refractivity contribution in [1.29, 1.82) is 0 Å². The van der Waals surface area contributed by atoms with Crippen LogP contribution in [0.4, 0.5) is 5.82 Å². The lowest BCUT2D eigenvalue weighted by Gasteiger charge is -2.27. The SMILES string of the molecule is NCc1nc2ccc(N3CCOCC3)nn2c1Br. The third kappa shape index (κ3) is 1.98. The van der Waals surface area contributed by atoms with Crippen molar-refractivity contribution >= 4 is 27.4 Å². The molecule has 0 aliphatic carbocycles. The maximum atomic E-state index is 5.63. The zero-order chi connectivity index (χ0) is 12.5. The van der Waals surface area contributed by atoms with E-state index >= 15 is 0 Å². The molecule has 1 fully saturated rings. The molecule has 1 saturated heterocycles. The molecule has 3 rings (SSSR count). The molecule has 2 N–H and O–H groups in total. The van der Waals surface area contributed by atoms with E-state index in [2.05, 4.69) is 30.9 Å². The Morgan fingerprint density at radius 2 is 2.11 bits per heavy atom. The number of morpholine rings is 1. The molecule has 0 unspecified atom stereocenters. The van der Waals surface area contributed by atoms with Crippen LogP contribution in [0.25, 0.3) is 5.65 Å². The van der Waals surface area contributed by atoms with Crippen molar-refractivity contribution in [3.63, 3.8) is 0 Å². The van der Waals surface area contributed by atoms with Crippen LogP contribution in [0.3, 0.4) is 0 Å². The Balaban J connectivity index is 2.01. The highest BCUT2D eigenvalue weighted by Gasteiger charge is 2.15. The van der Waals surface area contributed by atoms with Crippen molar-refractivity contribution in [2.24, 2.45) is 5.73 Å². The first-order valence-electron chi connectivity index (χ1n) is 5.86. The van der Waals surface area contributed by atoms with Crippen molar-refractivity contribution in [2.45, 2.75) is 6.54 Å². The maximum absolute atomic E-state index is 5.63. The number of ether oxygens (including phenoxy) is 1. The second-order valence-corrected chi connectivity index (χ2v) is 4.87. The Hall–Kier alpha value is -1.18. The van der Waals surface area contributed by atoms with Crippen molar-refractivity contribution in [3.8, 4) is 0 Å². The second kappa shape index (κ2) is 4.83. The van der Waals surface area contributed by atoms with E-state index in [1.54, 1.807) is 4.52 Å². The van der Waals surface area contributed by atoms with Crippen LogP contribution in [0.5, 0.6) is 0 Å². The van der Waals surface area contributed by atoms with Gasteiger partial charge < -0.3 is 15.4 Å². The predicted molar refractivity (Wildman–Crippen MR) is 71.6 cm³/mol. The van der Waals surface area contributed by atoms with E-state index in [-0.39, 0.29) is 0 Å². The Kier molecular flexibility index (Phi) is 3.19. The summed E-state index contributed by atoms with van der Waals surface area (Å²) in [5.41, 5.74) is 7.26. The molecule has 0 saturated carbocycles. The van der Waals surface area contributed by atoms with E-state index in [1.165, 1.54) is 0 Å². The molecule has 0 radical (unpaired) electrons. The van der Waals surface area contributed by atoms with Crippen LogP contribution in [-0.4, -0.2) is 40.9 Å². The number of rotatable bonds is 2. The summed E-state index contributed by atoms with van der Waals surface area (Å²) in [6.07, 6.45) is 0. The number of aromatic nitrogens is 3. The molecule has 0 bridgehead atoms. The van der Waals surface area contributed by atoms with Crippen molar-refractivity contribution in [3.05, 3.63) is 22.4 Å². The van der Waals surface area contributed by atoms with Crippen LogP contribution >= 0.6 is 15.9 Å². The molecule has 18 heavy (non-hydrogen) atoms. The monoisotopic (exact) mass is 311 g/mol. The minimum absolute atomic E-state index is 0.400. The molecule has 0 amide bonds. The molecule has 0 spiro atoms. The predicted octanol–water partition coefficient (Wildman–Crippen LogP) is 0.787. The zero-order valence-corrected chi connectivity index (χ0v) is 11.4. The average Bonchev–Trinajstić information content (AvgIpc) is 2.76. The van der Waals surface area contributed by atoms with Gasteiger partial charge in [-0.3, -0.25) is 0 Å². The summed E-state index contributed by atoms with van der Waals surface area (Å²) in [6.45, 7) is 3.64. The number of halogens is 1. The Bertz CT molecular complexity index is 564. The molecule has 96 valence electrons. The normalized spacial score (nSPS) is 16.4. The summed E-state index contributed by atoms with van der Waals surface area (Å²) in [6, 6.07) is 3.95. The minimum atomic E-state index is 0.400. The summed E-state index contributed by atoms with van der Waals surface area (Å²) >= 11 is 3.48. The zero-order valence-electron chi connectivity index (χ0n) is 9.84. The number of nitrogens with two attached hydrogens (primary N) is 1. The number of hydrogen-bond donors (Lipinski definition) is 1. The molecule has 1 aliphatic heterocycles. The van der Waals surface area contributed by atoms with Gasteiger partial charge in [0.1, 0.15) is 10.4 Å². The highest BCUT2D eigenvalue weighted by atomic mass is 79.9.